The van der Waals surface area contributed by atoms with Crippen molar-refractivity contribution in [2.75, 3.05) is 6.61 Å². The minimum absolute atomic E-state index is 0.202. The lowest BCUT2D eigenvalue weighted by atomic mass is 10.1. The summed E-state index contributed by atoms with van der Waals surface area (Å²) in [6.45, 7) is 1.31. The second kappa shape index (κ2) is 3.02. The molecule has 3 nitrogen and oxygen atoms in total. The normalized spacial score (nSPS) is 12.0. The van der Waals surface area contributed by atoms with E-state index >= 15 is 0 Å². The zero-order valence-corrected chi connectivity index (χ0v) is 4.83. The van der Waals surface area contributed by atoms with Crippen LogP contribution in [0.15, 0.2) is 0 Å². The van der Waals surface area contributed by atoms with Crippen molar-refractivity contribution in [3.63, 3.8) is 0 Å². The van der Waals surface area contributed by atoms with Crippen molar-refractivity contribution in [2.45, 2.75) is 19.1 Å². The molecule has 0 aliphatic heterocycles. The van der Waals surface area contributed by atoms with Crippen molar-refractivity contribution < 1.29 is 15.3 Å². The van der Waals surface area contributed by atoms with Crippen LogP contribution in [0.5, 0.6) is 0 Å². The maximum Gasteiger partial charge on any atom is 0.167 e. The first-order valence-corrected chi connectivity index (χ1v) is 2.52. The van der Waals surface area contributed by atoms with Crippen molar-refractivity contribution in [1.29, 1.82) is 0 Å². The Balaban J connectivity index is 3.37. The number of aliphatic hydroxyl groups excluding tert-OH is 1. The summed E-state index contributed by atoms with van der Waals surface area (Å²) in [6, 6.07) is 0. The van der Waals surface area contributed by atoms with E-state index in [-0.39, 0.29) is 13.0 Å². The van der Waals surface area contributed by atoms with E-state index in [0.717, 1.165) is 6.42 Å². The molecule has 0 aromatic rings. The van der Waals surface area contributed by atoms with E-state index in [2.05, 4.69) is 0 Å². The van der Waals surface area contributed by atoms with Gasteiger partial charge in [-0.15, -0.1) is 0 Å². The highest BCUT2D eigenvalue weighted by Gasteiger charge is 2.18. The van der Waals surface area contributed by atoms with Gasteiger partial charge in [-0.25, -0.2) is 0 Å². The highest BCUT2D eigenvalue weighted by atomic mass is 16.5. The molecule has 0 fully saturated rings. The fourth-order valence-electron chi connectivity index (χ4n) is 0.291. The Kier molecular flexibility index (Phi) is 2.97. The molecule has 0 heterocycles. The van der Waals surface area contributed by atoms with Crippen LogP contribution >= 0.6 is 0 Å². The van der Waals surface area contributed by atoms with Crippen LogP contribution in [0.25, 0.3) is 0 Å². The lowest BCUT2D eigenvalue weighted by Crippen LogP contribution is -2.28. The highest BCUT2D eigenvalue weighted by molar-refractivity contribution is 4.79. The minimum Gasteiger partial charge on any atom is -0.396 e. The smallest absolute Gasteiger partial charge is 0.167 e. The summed E-state index contributed by atoms with van der Waals surface area (Å²) in [5.41, 5.74) is 0. The molecule has 0 rings (SSSR count). The molecule has 0 aromatic carbocycles. The molecule has 0 aliphatic carbocycles. The van der Waals surface area contributed by atoms with Gasteiger partial charge in [-0.3, -0.25) is 0 Å². The summed E-state index contributed by atoms with van der Waals surface area (Å²) >= 11 is 0. The summed E-state index contributed by atoms with van der Waals surface area (Å²) < 4.78 is 0. The fourth-order valence-corrected chi connectivity index (χ4v) is 0.291. The second-order valence-corrected chi connectivity index (χ2v) is 1.62. The third kappa shape index (κ3) is 2.96. The average molecular weight is 119 g/mol. The van der Waals surface area contributed by atoms with Crippen molar-refractivity contribution in [3.05, 3.63) is 6.42 Å². The van der Waals surface area contributed by atoms with E-state index in [9.17, 15) is 0 Å². The predicted octanol–water partition coefficient (Wildman–Crippen LogP) is -0.726. The molecule has 49 valence electrons. The van der Waals surface area contributed by atoms with E-state index in [1.165, 1.54) is 0 Å². The summed E-state index contributed by atoms with van der Waals surface area (Å²) in [6.07, 6.45) is 1.24. The molecule has 3 heteroatoms. The molecule has 0 aliphatic rings. The van der Waals surface area contributed by atoms with Gasteiger partial charge in [-0.2, -0.15) is 0 Å². The van der Waals surface area contributed by atoms with Crippen LogP contribution in [0.2, 0.25) is 0 Å². The third-order valence-corrected chi connectivity index (χ3v) is 0.939. The molecule has 8 heavy (non-hydrogen) atoms. The number of aliphatic hydroxyl groups is 3. The lowest BCUT2D eigenvalue weighted by molar-refractivity contribution is -0.138. The van der Waals surface area contributed by atoms with Gasteiger partial charge in [0, 0.05) is 6.42 Å². The molecule has 0 saturated heterocycles. The Morgan fingerprint density at radius 3 is 2.12 bits per heavy atom. The first kappa shape index (κ1) is 7.88. The van der Waals surface area contributed by atoms with Crippen LogP contribution in [-0.2, 0) is 0 Å². The zero-order chi connectivity index (χ0) is 6.62. The Labute approximate surface area is 48.6 Å². The standard InChI is InChI=1S/C5H11O3/c1-2-5(7,8)3-4-6/h3,6-8H,2,4H2,1H3. The first-order chi connectivity index (χ1) is 3.62. The van der Waals surface area contributed by atoms with E-state index < -0.39 is 5.79 Å². The van der Waals surface area contributed by atoms with Crippen LogP contribution in [0.1, 0.15) is 13.3 Å². The van der Waals surface area contributed by atoms with Gasteiger partial charge in [0.25, 0.3) is 0 Å². The Hall–Kier alpha value is -0.120. The highest BCUT2D eigenvalue weighted by Crippen LogP contribution is 2.06. The molecule has 0 aromatic heterocycles. The van der Waals surface area contributed by atoms with Gasteiger partial charge >= 0.3 is 0 Å². The maximum atomic E-state index is 8.66. The summed E-state index contributed by atoms with van der Waals surface area (Å²) in [4.78, 5) is 0. The van der Waals surface area contributed by atoms with Crippen molar-refractivity contribution in [2.24, 2.45) is 0 Å². The maximum absolute atomic E-state index is 8.66. The molecule has 0 bridgehead atoms. The van der Waals surface area contributed by atoms with Crippen LogP contribution in [0, 0.1) is 6.42 Å². The van der Waals surface area contributed by atoms with Crippen LogP contribution in [0.4, 0.5) is 0 Å². The van der Waals surface area contributed by atoms with Gasteiger partial charge in [0.05, 0.1) is 6.61 Å². The molecular formula is C5H11O3. The molecule has 1 radical (unpaired) electrons. The second-order valence-electron chi connectivity index (χ2n) is 1.62. The first-order valence-electron chi connectivity index (χ1n) is 2.52. The van der Waals surface area contributed by atoms with Gasteiger partial charge in [-0.05, 0) is 6.42 Å². The fraction of sp³-hybridized carbons (Fsp3) is 0.800. The Morgan fingerprint density at radius 2 is 2.00 bits per heavy atom. The Bertz CT molecular complexity index is 60.7. The Morgan fingerprint density at radius 1 is 1.50 bits per heavy atom. The van der Waals surface area contributed by atoms with E-state index in [4.69, 9.17) is 15.3 Å². The summed E-state index contributed by atoms with van der Waals surface area (Å²) in [7, 11) is 0. The van der Waals surface area contributed by atoms with Gasteiger partial charge in [-0.1, -0.05) is 6.92 Å². The molecule has 0 spiro atoms. The molecule has 0 atom stereocenters. The average Bonchev–Trinajstić information content (AvgIpc) is 1.67. The third-order valence-electron chi connectivity index (χ3n) is 0.939. The van der Waals surface area contributed by atoms with E-state index in [0.29, 0.717) is 0 Å². The summed E-state index contributed by atoms with van der Waals surface area (Å²) in [5.74, 6) is -1.78. The van der Waals surface area contributed by atoms with Gasteiger partial charge in [0.1, 0.15) is 0 Å². The van der Waals surface area contributed by atoms with Crippen molar-refractivity contribution in [1.82, 2.24) is 0 Å². The van der Waals surface area contributed by atoms with Crippen LogP contribution in [0.3, 0.4) is 0 Å². The lowest BCUT2D eigenvalue weighted by Gasteiger charge is -2.16. The molecular weight excluding hydrogens is 108 g/mol. The van der Waals surface area contributed by atoms with E-state index in [1.807, 2.05) is 0 Å². The molecule has 3 N–H and O–H groups in total. The number of rotatable bonds is 3. The monoisotopic (exact) mass is 119 g/mol. The predicted molar refractivity (Wildman–Crippen MR) is 28.8 cm³/mol. The number of hydrogen-bond donors (Lipinski definition) is 3. The van der Waals surface area contributed by atoms with E-state index in [1.54, 1.807) is 6.92 Å². The van der Waals surface area contributed by atoms with Crippen LogP contribution in [-0.4, -0.2) is 27.7 Å². The molecule has 0 saturated carbocycles. The van der Waals surface area contributed by atoms with Gasteiger partial charge < -0.3 is 15.3 Å². The molecule has 0 amide bonds. The molecule has 0 unspecified atom stereocenters. The topological polar surface area (TPSA) is 60.7 Å². The van der Waals surface area contributed by atoms with Crippen molar-refractivity contribution >= 4 is 0 Å². The largest absolute Gasteiger partial charge is 0.396 e. The zero-order valence-electron chi connectivity index (χ0n) is 4.83. The quantitative estimate of drug-likeness (QED) is 0.429. The van der Waals surface area contributed by atoms with Crippen LogP contribution < -0.4 is 0 Å². The summed E-state index contributed by atoms with van der Waals surface area (Å²) in [5, 5.41) is 25.5. The van der Waals surface area contributed by atoms with Gasteiger partial charge in [0.15, 0.2) is 5.79 Å². The number of hydrogen-bond acceptors (Lipinski definition) is 3. The SMILES string of the molecule is CCC(O)(O)[CH]CO. The van der Waals surface area contributed by atoms with Crippen molar-refractivity contribution in [3.8, 4) is 0 Å². The minimum atomic E-state index is -1.78. The van der Waals surface area contributed by atoms with Gasteiger partial charge in [0.2, 0.25) is 0 Å².